The molecule has 15 heavy (non-hydrogen) atoms. The number of carbonyl (C=O) groups excluding carboxylic acids is 2. The van der Waals surface area contributed by atoms with E-state index < -0.39 is 5.97 Å². The molecule has 86 valence electrons. The predicted octanol–water partition coefficient (Wildman–Crippen LogP) is -0.636. The van der Waals surface area contributed by atoms with Crippen molar-refractivity contribution in [2.75, 3.05) is 26.2 Å². The molecule has 0 aliphatic heterocycles. The molecule has 0 aliphatic rings. The van der Waals surface area contributed by atoms with E-state index >= 15 is 0 Å². The maximum atomic E-state index is 10.9. The zero-order chi connectivity index (χ0) is 11.7. The highest BCUT2D eigenvalue weighted by molar-refractivity contribution is 5.86. The number of rotatable bonds is 6. The molecule has 0 fully saturated rings. The van der Waals surface area contributed by atoms with Crippen LogP contribution in [0, 0.1) is 0 Å². The second-order valence-electron chi connectivity index (χ2n) is 2.89. The molecule has 0 aliphatic carbocycles. The van der Waals surface area contributed by atoms with Gasteiger partial charge in [0.05, 0.1) is 6.54 Å². The van der Waals surface area contributed by atoms with Crippen LogP contribution in [0.5, 0.6) is 0 Å². The molecule has 6 nitrogen and oxygen atoms in total. The van der Waals surface area contributed by atoms with E-state index in [2.05, 4.69) is 17.2 Å². The van der Waals surface area contributed by atoms with E-state index in [-0.39, 0.29) is 19.2 Å². The highest BCUT2D eigenvalue weighted by Gasteiger charge is 2.02. The Balaban J connectivity index is 3.42. The number of carbonyl (C=O) groups is 2. The Morgan fingerprint density at radius 3 is 2.47 bits per heavy atom. The summed E-state index contributed by atoms with van der Waals surface area (Å²) in [4.78, 5) is 21.8. The SMILES string of the molecule is C=C(C)C(=O)OCCNC(=O)NCCN. The number of nitrogens with one attached hydrogen (secondary N) is 2. The van der Waals surface area contributed by atoms with Gasteiger partial charge in [-0.2, -0.15) is 0 Å². The molecule has 0 aromatic heterocycles. The molecule has 0 rings (SSSR count). The van der Waals surface area contributed by atoms with Gasteiger partial charge in [0.2, 0.25) is 0 Å². The van der Waals surface area contributed by atoms with E-state index in [0.29, 0.717) is 18.7 Å². The van der Waals surface area contributed by atoms with Crippen LogP contribution in [0.2, 0.25) is 0 Å². The van der Waals surface area contributed by atoms with Gasteiger partial charge in [-0.05, 0) is 6.92 Å². The third-order valence-corrected chi connectivity index (χ3v) is 1.40. The van der Waals surface area contributed by atoms with Gasteiger partial charge in [0.15, 0.2) is 0 Å². The Hall–Kier alpha value is -1.56. The van der Waals surface area contributed by atoms with Crippen molar-refractivity contribution in [3.63, 3.8) is 0 Å². The molecule has 0 spiro atoms. The summed E-state index contributed by atoms with van der Waals surface area (Å²) in [6, 6.07) is -0.327. The summed E-state index contributed by atoms with van der Waals surface area (Å²) in [6.07, 6.45) is 0. The van der Waals surface area contributed by atoms with Crippen molar-refractivity contribution in [3.8, 4) is 0 Å². The average molecular weight is 215 g/mol. The van der Waals surface area contributed by atoms with Gasteiger partial charge in [0.1, 0.15) is 6.61 Å². The monoisotopic (exact) mass is 215 g/mol. The number of esters is 1. The second kappa shape index (κ2) is 7.81. The van der Waals surface area contributed by atoms with Crippen LogP contribution in [-0.2, 0) is 9.53 Å². The zero-order valence-electron chi connectivity index (χ0n) is 8.84. The summed E-state index contributed by atoms with van der Waals surface area (Å²) < 4.78 is 4.75. The average Bonchev–Trinajstić information content (AvgIpc) is 2.20. The van der Waals surface area contributed by atoms with E-state index in [9.17, 15) is 9.59 Å². The standard InChI is InChI=1S/C9H17N3O3/c1-7(2)8(13)15-6-5-12-9(14)11-4-3-10/h1,3-6,10H2,2H3,(H2,11,12,14). The number of hydrogen-bond acceptors (Lipinski definition) is 4. The molecule has 6 heteroatoms. The molecule has 4 N–H and O–H groups in total. The first-order chi connectivity index (χ1) is 7.07. The van der Waals surface area contributed by atoms with E-state index in [1.165, 1.54) is 0 Å². The number of urea groups is 1. The summed E-state index contributed by atoms with van der Waals surface area (Å²) in [5.74, 6) is -0.459. The fourth-order valence-electron chi connectivity index (χ4n) is 0.680. The largest absolute Gasteiger partial charge is 0.460 e. The normalized spacial score (nSPS) is 9.20. The molecular formula is C9H17N3O3. The van der Waals surface area contributed by atoms with Crippen molar-refractivity contribution in [2.45, 2.75) is 6.92 Å². The Labute approximate surface area is 88.8 Å². The minimum atomic E-state index is -0.459. The molecule has 0 radical (unpaired) electrons. The van der Waals surface area contributed by atoms with Crippen LogP contribution in [0.25, 0.3) is 0 Å². The Bertz CT molecular complexity index is 241. The summed E-state index contributed by atoms with van der Waals surface area (Å²) in [5.41, 5.74) is 5.52. The topological polar surface area (TPSA) is 93.4 Å². The van der Waals surface area contributed by atoms with Crippen LogP contribution < -0.4 is 16.4 Å². The molecule has 0 saturated carbocycles. The van der Waals surface area contributed by atoms with E-state index in [1.807, 2.05) is 0 Å². The maximum Gasteiger partial charge on any atom is 0.333 e. The van der Waals surface area contributed by atoms with Crippen molar-refractivity contribution in [3.05, 3.63) is 12.2 Å². The first-order valence-electron chi connectivity index (χ1n) is 4.62. The molecular weight excluding hydrogens is 198 g/mol. The lowest BCUT2D eigenvalue weighted by Crippen LogP contribution is -2.39. The highest BCUT2D eigenvalue weighted by atomic mass is 16.5. The van der Waals surface area contributed by atoms with Gasteiger partial charge in [-0.15, -0.1) is 0 Å². The van der Waals surface area contributed by atoms with Gasteiger partial charge in [-0.25, -0.2) is 9.59 Å². The number of amides is 2. The van der Waals surface area contributed by atoms with Crippen molar-refractivity contribution < 1.29 is 14.3 Å². The van der Waals surface area contributed by atoms with Crippen molar-refractivity contribution >= 4 is 12.0 Å². The fourth-order valence-corrected chi connectivity index (χ4v) is 0.680. The summed E-state index contributed by atoms with van der Waals surface area (Å²) in [5, 5.41) is 5.01. The molecule has 0 unspecified atom stereocenters. The van der Waals surface area contributed by atoms with Crippen LogP contribution in [0.1, 0.15) is 6.92 Å². The summed E-state index contributed by atoms with van der Waals surface area (Å²) >= 11 is 0. The fraction of sp³-hybridized carbons (Fsp3) is 0.556. The van der Waals surface area contributed by atoms with E-state index in [4.69, 9.17) is 10.5 Å². The lowest BCUT2D eigenvalue weighted by atomic mass is 10.4. The Morgan fingerprint density at radius 1 is 1.33 bits per heavy atom. The van der Waals surface area contributed by atoms with Crippen LogP contribution in [0.3, 0.4) is 0 Å². The van der Waals surface area contributed by atoms with Gasteiger partial charge in [-0.1, -0.05) is 6.58 Å². The van der Waals surface area contributed by atoms with Gasteiger partial charge >= 0.3 is 12.0 Å². The van der Waals surface area contributed by atoms with Gasteiger partial charge in [0.25, 0.3) is 0 Å². The zero-order valence-corrected chi connectivity index (χ0v) is 8.84. The third kappa shape index (κ3) is 7.51. The molecule has 2 amide bonds. The van der Waals surface area contributed by atoms with E-state index in [1.54, 1.807) is 6.92 Å². The van der Waals surface area contributed by atoms with Crippen molar-refractivity contribution in [1.29, 1.82) is 0 Å². The molecule has 0 atom stereocenters. The van der Waals surface area contributed by atoms with Crippen LogP contribution in [0.15, 0.2) is 12.2 Å². The minimum absolute atomic E-state index is 0.127. The van der Waals surface area contributed by atoms with E-state index in [0.717, 1.165) is 0 Å². The third-order valence-electron chi connectivity index (χ3n) is 1.40. The van der Waals surface area contributed by atoms with Crippen molar-refractivity contribution in [1.82, 2.24) is 10.6 Å². The molecule has 0 heterocycles. The number of nitrogens with two attached hydrogens (primary N) is 1. The second-order valence-corrected chi connectivity index (χ2v) is 2.89. The lowest BCUT2D eigenvalue weighted by molar-refractivity contribution is -0.138. The first kappa shape index (κ1) is 13.4. The molecule has 0 bridgehead atoms. The van der Waals surface area contributed by atoms with Crippen LogP contribution in [0.4, 0.5) is 4.79 Å². The van der Waals surface area contributed by atoms with Gasteiger partial charge in [0, 0.05) is 18.7 Å². The number of ether oxygens (including phenoxy) is 1. The number of hydrogen-bond donors (Lipinski definition) is 3. The quantitative estimate of drug-likeness (QED) is 0.312. The Kier molecular flexibility index (Phi) is 7.00. The highest BCUT2D eigenvalue weighted by Crippen LogP contribution is 1.90. The summed E-state index contributed by atoms with van der Waals surface area (Å²) in [7, 11) is 0. The first-order valence-corrected chi connectivity index (χ1v) is 4.62. The van der Waals surface area contributed by atoms with Gasteiger partial charge < -0.3 is 21.1 Å². The van der Waals surface area contributed by atoms with Crippen molar-refractivity contribution in [2.24, 2.45) is 5.73 Å². The van der Waals surface area contributed by atoms with Crippen LogP contribution in [-0.4, -0.2) is 38.2 Å². The molecule has 0 saturated heterocycles. The maximum absolute atomic E-state index is 10.9. The predicted molar refractivity (Wildman–Crippen MR) is 56.2 cm³/mol. The Morgan fingerprint density at radius 2 is 1.93 bits per heavy atom. The smallest absolute Gasteiger partial charge is 0.333 e. The lowest BCUT2D eigenvalue weighted by Gasteiger charge is -2.07. The molecule has 0 aromatic carbocycles. The minimum Gasteiger partial charge on any atom is -0.460 e. The van der Waals surface area contributed by atoms with Crippen LogP contribution >= 0.6 is 0 Å². The summed E-state index contributed by atoms with van der Waals surface area (Å²) in [6.45, 7) is 6.17. The molecule has 0 aromatic rings. The van der Waals surface area contributed by atoms with Gasteiger partial charge in [-0.3, -0.25) is 0 Å².